The Morgan fingerprint density at radius 3 is 2.88 bits per heavy atom. The molecule has 1 aromatic carbocycles. The van der Waals surface area contributed by atoms with Gasteiger partial charge in [-0.15, -0.1) is 0 Å². The van der Waals surface area contributed by atoms with Gasteiger partial charge in [-0.1, -0.05) is 18.5 Å². The highest BCUT2D eigenvalue weighted by Gasteiger charge is 2.05. The largest absolute Gasteiger partial charge is 0.491 e. The van der Waals surface area contributed by atoms with Crippen LogP contribution < -0.4 is 10.1 Å². The van der Waals surface area contributed by atoms with Gasteiger partial charge in [-0.05, 0) is 37.2 Å². The van der Waals surface area contributed by atoms with Crippen molar-refractivity contribution in [2.75, 3.05) is 19.7 Å². The van der Waals surface area contributed by atoms with Crippen LogP contribution in [0.5, 0.6) is 5.75 Å². The summed E-state index contributed by atoms with van der Waals surface area (Å²) < 4.78 is 5.45. The molecule has 0 spiro atoms. The van der Waals surface area contributed by atoms with Gasteiger partial charge in [-0.3, -0.25) is 0 Å². The Kier molecular flexibility index (Phi) is 5.60. The van der Waals surface area contributed by atoms with Crippen molar-refractivity contribution in [2.24, 2.45) is 0 Å². The molecule has 2 N–H and O–H groups in total. The fourth-order valence-electron chi connectivity index (χ4n) is 1.27. The Morgan fingerprint density at radius 2 is 2.25 bits per heavy atom. The molecule has 90 valence electrons. The minimum atomic E-state index is -0.490. The maximum Gasteiger partial charge on any atom is 0.119 e. The van der Waals surface area contributed by atoms with Crippen molar-refractivity contribution < 1.29 is 9.84 Å². The summed E-state index contributed by atoms with van der Waals surface area (Å²) in [4.78, 5) is 0. The summed E-state index contributed by atoms with van der Waals surface area (Å²) >= 11 is 5.90. The molecule has 4 heteroatoms. The summed E-state index contributed by atoms with van der Waals surface area (Å²) in [6.45, 7) is 5.59. The van der Waals surface area contributed by atoms with E-state index in [-0.39, 0.29) is 6.61 Å². The lowest BCUT2D eigenvalue weighted by atomic mass is 10.2. The highest BCUT2D eigenvalue weighted by atomic mass is 35.5. The molecule has 0 fully saturated rings. The number of aryl methyl sites for hydroxylation is 1. The Morgan fingerprint density at radius 1 is 1.50 bits per heavy atom. The van der Waals surface area contributed by atoms with Crippen molar-refractivity contribution in [3.05, 3.63) is 28.8 Å². The van der Waals surface area contributed by atoms with Crippen LogP contribution in [0.3, 0.4) is 0 Å². The third-order valence-electron chi connectivity index (χ3n) is 2.20. The summed E-state index contributed by atoms with van der Waals surface area (Å²) in [7, 11) is 0. The van der Waals surface area contributed by atoms with Crippen molar-refractivity contribution in [2.45, 2.75) is 20.0 Å². The summed E-state index contributed by atoms with van der Waals surface area (Å²) in [5, 5.41) is 13.3. The van der Waals surface area contributed by atoms with Crippen molar-refractivity contribution in [1.29, 1.82) is 0 Å². The number of aliphatic hydroxyl groups is 1. The van der Waals surface area contributed by atoms with E-state index < -0.39 is 6.10 Å². The topological polar surface area (TPSA) is 41.5 Å². The Balaban J connectivity index is 2.39. The SMILES string of the molecule is CCNCC(O)COc1ccc(Cl)c(C)c1. The van der Waals surface area contributed by atoms with Gasteiger partial charge >= 0.3 is 0 Å². The molecule has 0 radical (unpaired) electrons. The van der Waals surface area contributed by atoms with Gasteiger partial charge in [-0.25, -0.2) is 0 Å². The molecular formula is C12H18ClNO2. The smallest absolute Gasteiger partial charge is 0.119 e. The average molecular weight is 244 g/mol. The third kappa shape index (κ3) is 4.39. The number of rotatable bonds is 6. The first-order valence-corrected chi connectivity index (χ1v) is 5.79. The number of likely N-dealkylation sites (N-methyl/N-ethyl adjacent to an activating group) is 1. The molecule has 1 rings (SSSR count). The lowest BCUT2D eigenvalue weighted by Gasteiger charge is -2.13. The van der Waals surface area contributed by atoms with Crippen LogP contribution in [0, 0.1) is 6.92 Å². The van der Waals surface area contributed by atoms with Crippen molar-refractivity contribution in [3.63, 3.8) is 0 Å². The van der Waals surface area contributed by atoms with E-state index in [1.807, 2.05) is 19.9 Å². The first kappa shape index (κ1) is 13.3. The van der Waals surface area contributed by atoms with E-state index in [0.29, 0.717) is 6.54 Å². The molecule has 0 aliphatic carbocycles. The number of halogens is 1. The van der Waals surface area contributed by atoms with Crippen LogP contribution in [-0.4, -0.2) is 30.9 Å². The Labute approximate surface area is 101 Å². The second kappa shape index (κ2) is 6.74. The number of ether oxygens (including phenoxy) is 1. The second-order valence-corrected chi connectivity index (χ2v) is 4.09. The van der Waals surface area contributed by atoms with Crippen LogP contribution in [0.1, 0.15) is 12.5 Å². The molecule has 0 amide bonds. The van der Waals surface area contributed by atoms with Gasteiger partial charge in [0.1, 0.15) is 18.5 Å². The van der Waals surface area contributed by atoms with E-state index in [4.69, 9.17) is 16.3 Å². The number of hydrogen-bond acceptors (Lipinski definition) is 3. The molecule has 0 bridgehead atoms. The molecule has 1 atom stereocenters. The van der Waals surface area contributed by atoms with Gasteiger partial charge in [0.15, 0.2) is 0 Å². The van der Waals surface area contributed by atoms with Crippen LogP contribution >= 0.6 is 11.6 Å². The summed E-state index contributed by atoms with van der Waals surface area (Å²) in [6.07, 6.45) is -0.490. The quantitative estimate of drug-likeness (QED) is 0.803. The minimum Gasteiger partial charge on any atom is -0.491 e. The molecule has 16 heavy (non-hydrogen) atoms. The lowest BCUT2D eigenvalue weighted by Crippen LogP contribution is -2.31. The normalized spacial score (nSPS) is 12.5. The van der Waals surface area contributed by atoms with E-state index in [0.717, 1.165) is 22.9 Å². The molecule has 3 nitrogen and oxygen atoms in total. The summed E-state index contributed by atoms with van der Waals surface area (Å²) in [6, 6.07) is 5.46. The lowest BCUT2D eigenvalue weighted by molar-refractivity contribution is 0.107. The molecule has 1 aromatic rings. The van der Waals surface area contributed by atoms with Crippen molar-refractivity contribution >= 4 is 11.6 Å². The van der Waals surface area contributed by atoms with E-state index in [9.17, 15) is 5.11 Å². The number of hydrogen-bond donors (Lipinski definition) is 2. The zero-order valence-electron chi connectivity index (χ0n) is 9.66. The summed E-state index contributed by atoms with van der Waals surface area (Å²) in [5.74, 6) is 0.734. The Bertz CT molecular complexity index is 331. The van der Waals surface area contributed by atoms with E-state index in [1.54, 1.807) is 12.1 Å². The fourth-order valence-corrected chi connectivity index (χ4v) is 1.39. The number of aliphatic hydroxyl groups excluding tert-OH is 1. The first-order valence-electron chi connectivity index (χ1n) is 5.41. The van der Waals surface area contributed by atoms with Gasteiger partial charge in [-0.2, -0.15) is 0 Å². The van der Waals surface area contributed by atoms with Crippen molar-refractivity contribution in [1.82, 2.24) is 5.32 Å². The molecule has 0 aliphatic rings. The van der Waals surface area contributed by atoms with Crippen LogP contribution in [0.25, 0.3) is 0 Å². The van der Waals surface area contributed by atoms with Crippen LogP contribution in [0.4, 0.5) is 0 Å². The molecule has 0 saturated heterocycles. The predicted octanol–water partition coefficient (Wildman–Crippen LogP) is 2.00. The zero-order valence-corrected chi connectivity index (χ0v) is 10.4. The van der Waals surface area contributed by atoms with E-state index in [1.165, 1.54) is 0 Å². The van der Waals surface area contributed by atoms with Crippen LogP contribution in [0.2, 0.25) is 5.02 Å². The Hall–Kier alpha value is -0.770. The van der Waals surface area contributed by atoms with Gasteiger partial charge in [0, 0.05) is 11.6 Å². The van der Waals surface area contributed by atoms with Gasteiger partial charge in [0.2, 0.25) is 0 Å². The maximum absolute atomic E-state index is 9.55. The molecule has 0 aliphatic heterocycles. The van der Waals surface area contributed by atoms with Crippen molar-refractivity contribution in [3.8, 4) is 5.75 Å². The third-order valence-corrected chi connectivity index (χ3v) is 2.63. The molecular weight excluding hydrogens is 226 g/mol. The van der Waals surface area contributed by atoms with Crippen LogP contribution in [-0.2, 0) is 0 Å². The molecule has 1 unspecified atom stereocenters. The molecule has 0 saturated carbocycles. The maximum atomic E-state index is 9.55. The highest BCUT2D eigenvalue weighted by Crippen LogP contribution is 2.20. The minimum absolute atomic E-state index is 0.286. The number of benzene rings is 1. The number of nitrogens with one attached hydrogen (secondary N) is 1. The summed E-state index contributed by atoms with van der Waals surface area (Å²) in [5.41, 5.74) is 0.973. The highest BCUT2D eigenvalue weighted by molar-refractivity contribution is 6.31. The monoisotopic (exact) mass is 243 g/mol. The average Bonchev–Trinajstić information content (AvgIpc) is 2.28. The van der Waals surface area contributed by atoms with Gasteiger partial charge in [0.05, 0.1) is 0 Å². The van der Waals surface area contributed by atoms with E-state index >= 15 is 0 Å². The molecule has 0 aromatic heterocycles. The molecule has 0 heterocycles. The van der Waals surface area contributed by atoms with Crippen LogP contribution in [0.15, 0.2) is 18.2 Å². The van der Waals surface area contributed by atoms with Gasteiger partial charge in [0.25, 0.3) is 0 Å². The predicted molar refractivity (Wildman–Crippen MR) is 66.2 cm³/mol. The van der Waals surface area contributed by atoms with E-state index in [2.05, 4.69) is 5.32 Å². The zero-order chi connectivity index (χ0) is 12.0. The fraction of sp³-hybridized carbons (Fsp3) is 0.500. The van der Waals surface area contributed by atoms with Gasteiger partial charge < -0.3 is 15.2 Å². The standard InChI is InChI=1S/C12H18ClNO2/c1-3-14-7-10(15)8-16-11-4-5-12(13)9(2)6-11/h4-6,10,14-15H,3,7-8H2,1-2H3. The second-order valence-electron chi connectivity index (χ2n) is 3.68. The first-order chi connectivity index (χ1) is 7.63.